The second-order valence-electron chi connectivity index (χ2n) is 6.31. The summed E-state index contributed by atoms with van der Waals surface area (Å²) >= 11 is 0. The van der Waals surface area contributed by atoms with Crippen molar-refractivity contribution in [3.8, 4) is 0 Å². The summed E-state index contributed by atoms with van der Waals surface area (Å²) in [6, 6.07) is 15.6. The predicted molar refractivity (Wildman–Crippen MR) is 93.3 cm³/mol. The van der Waals surface area contributed by atoms with E-state index in [1.807, 2.05) is 42.5 Å². The van der Waals surface area contributed by atoms with Gasteiger partial charge in [0.1, 0.15) is 11.8 Å². The molecule has 5 nitrogen and oxygen atoms in total. The van der Waals surface area contributed by atoms with Crippen molar-refractivity contribution in [1.29, 1.82) is 0 Å². The molecule has 1 aromatic carbocycles. The quantitative estimate of drug-likeness (QED) is 0.668. The van der Waals surface area contributed by atoms with Crippen LogP contribution in [-0.2, 0) is 16.1 Å². The molecule has 0 amide bonds. The second kappa shape index (κ2) is 7.07. The van der Waals surface area contributed by atoms with Crippen LogP contribution in [0.15, 0.2) is 61.1 Å². The van der Waals surface area contributed by atoms with Crippen LogP contribution in [0.4, 0.5) is 0 Å². The van der Waals surface area contributed by atoms with E-state index < -0.39 is 0 Å². The Morgan fingerprint density at radius 3 is 2.80 bits per heavy atom. The smallest absolute Gasteiger partial charge is 0.355 e. The molecule has 0 N–H and O–H groups in total. The standard InChI is InChI=1S/C20H20N2O3/c23-20(17-9-4-8-16-12-21-14-22(16)17)25-19-11-5-10-18(19)24-13-15-6-2-1-3-7-15/h1-4,6-9,12,14,18-19H,5,10-11,13H2/t18-,19-/m0/s1. The Bertz CT molecular complexity index is 860. The highest BCUT2D eigenvalue weighted by Gasteiger charge is 2.32. The van der Waals surface area contributed by atoms with Crippen LogP contribution < -0.4 is 0 Å². The van der Waals surface area contributed by atoms with E-state index in [0.717, 1.165) is 30.3 Å². The van der Waals surface area contributed by atoms with Gasteiger partial charge in [-0.3, -0.25) is 4.40 Å². The number of aromatic nitrogens is 2. The van der Waals surface area contributed by atoms with Crippen LogP contribution >= 0.6 is 0 Å². The van der Waals surface area contributed by atoms with Gasteiger partial charge in [-0.05, 0) is 37.0 Å². The minimum atomic E-state index is -0.330. The topological polar surface area (TPSA) is 52.8 Å². The molecule has 0 radical (unpaired) electrons. The minimum absolute atomic E-state index is 0.0499. The van der Waals surface area contributed by atoms with Gasteiger partial charge in [-0.2, -0.15) is 0 Å². The molecule has 1 aliphatic rings. The van der Waals surface area contributed by atoms with E-state index >= 15 is 0 Å². The Labute approximate surface area is 146 Å². The van der Waals surface area contributed by atoms with Crippen LogP contribution in [0.1, 0.15) is 35.3 Å². The Hall–Kier alpha value is -2.66. The van der Waals surface area contributed by atoms with Crippen molar-refractivity contribution in [2.75, 3.05) is 0 Å². The fourth-order valence-corrected chi connectivity index (χ4v) is 3.31. The molecular weight excluding hydrogens is 316 g/mol. The molecular formula is C20H20N2O3. The van der Waals surface area contributed by atoms with Gasteiger partial charge in [-0.15, -0.1) is 0 Å². The normalized spacial score (nSPS) is 20.0. The van der Waals surface area contributed by atoms with Gasteiger partial charge in [0.05, 0.1) is 30.8 Å². The lowest BCUT2D eigenvalue weighted by Gasteiger charge is -2.21. The lowest BCUT2D eigenvalue weighted by atomic mass is 10.2. The lowest BCUT2D eigenvalue weighted by molar-refractivity contribution is -0.0445. The zero-order valence-electron chi connectivity index (χ0n) is 13.9. The number of pyridine rings is 1. The van der Waals surface area contributed by atoms with Crippen molar-refractivity contribution in [3.63, 3.8) is 0 Å². The van der Waals surface area contributed by atoms with Crippen molar-refractivity contribution in [3.05, 3.63) is 72.3 Å². The molecule has 5 heteroatoms. The maximum atomic E-state index is 12.6. The third-order valence-corrected chi connectivity index (χ3v) is 4.61. The zero-order valence-corrected chi connectivity index (χ0v) is 13.9. The van der Waals surface area contributed by atoms with E-state index in [1.54, 1.807) is 23.0 Å². The molecule has 25 heavy (non-hydrogen) atoms. The number of ether oxygens (including phenoxy) is 2. The average molecular weight is 336 g/mol. The number of hydrogen-bond acceptors (Lipinski definition) is 4. The number of hydrogen-bond donors (Lipinski definition) is 0. The number of benzene rings is 1. The van der Waals surface area contributed by atoms with Crippen molar-refractivity contribution in [2.45, 2.75) is 38.1 Å². The number of esters is 1. The van der Waals surface area contributed by atoms with Gasteiger partial charge in [0.2, 0.25) is 0 Å². The largest absolute Gasteiger partial charge is 0.455 e. The molecule has 0 bridgehead atoms. The number of nitrogens with zero attached hydrogens (tertiary/aromatic N) is 2. The van der Waals surface area contributed by atoms with Gasteiger partial charge in [-0.25, -0.2) is 9.78 Å². The Balaban J connectivity index is 1.42. The number of carbonyl (C=O) groups excluding carboxylic acids is 1. The Kier molecular flexibility index (Phi) is 4.48. The van der Waals surface area contributed by atoms with Gasteiger partial charge in [0.15, 0.2) is 0 Å². The first-order chi connectivity index (χ1) is 12.3. The molecule has 0 unspecified atom stereocenters. The van der Waals surface area contributed by atoms with Gasteiger partial charge >= 0.3 is 5.97 Å². The summed E-state index contributed by atoms with van der Waals surface area (Å²) in [6.45, 7) is 0.538. The van der Waals surface area contributed by atoms with Gasteiger partial charge < -0.3 is 9.47 Å². The van der Waals surface area contributed by atoms with E-state index in [2.05, 4.69) is 4.98 Å². The predicted octanol–water partition coefficient (Wildman–Crippen LogP) is 3.63. The van der Waals surface area contributed by atoms with Crippen LogP contribution in [-0.4, -0.2) is 27.6 Å². The molecule has 4 rings (SSSR count). The van der Waals surface area contributed by atoms with Crippen LogP contribution in [0.25, 0.3) is 5.52 Å². The molecule has 3 aromatic rings. The van der Waals surface area contributed by atoms with E-state index in [1.165, 1.54) is 0 Å². The Morgan fingerprint density at radius 2 is 1.92 bits per heavy atom. The summed E-state index contributed by atoms with van der Waals surface area (Å²) in [5, 5.41) is 0. The lowest BCUT2D eigenvalue weighted by Crippen LogP contribution is -2.29. The second-order valence-corrected chi connectivity index (χ2v) is 6.31. The third kappa shape index (κ3) is 3.42. The summed E-state index contributed by atoms with van der Waals surface area (Å²) in [5.41, 5.74) is 2.49. The maximum absolute atomic E-state index is 12.6. The molecule has 2 heterocycles. The average Bonchev–Trinajstić information content (AvgIpc) is 3.29. The van der Waals surface area contributed by atoms with Crippen molar-refractivity contribution in [2.24, 2.45) is 0 Å². The molecule has 0 saturated heterocycles. The minimum Gasteiger partial charge on any atom is -0.455 e. The zero-order chi connectivity index (χ0) is 17.1. The van der Waals surface area contributed by atoms with Crippen molar-refractivity contribution >= 4 is 11.5 Å². The summed E-state index contributed by atoms with van der Waals surface area (Å²) in [5.74, 6) is -0.330. The fourth-order valence-electron chi connectivity index (χ4n) is 3.31. The van der Waals surface area contributed by atoms with Crippen molar-refractivity contribution in [1.82, 2.24) is 9.38 Å². The first-order valence-corrected chi connectivity index (χ1v) is 8.59. The molecule has 0 aliphatic heterocycles. The van der Waals surface area contributed by atoms with E-state index in [0.29, 0.717) is 12.3 Å². The number of fused-ring (bicyclic) bond motifs is 1. The molecule has 1 aliphatic carbocycles. The van der Waals surface area contributed by atoms with E-state index in [-0.39, 0.29) is 18.2 Å². The first kappa shape index (κ1) is 15.8. The van der Waals surface area contributed by atoms with Gasteiger partial charge in [0, 0.05) is 0 Å². The van der Waals surface area contributed by atoms with Crippen molar-refractivity contribution < 1.29 is 14.3 Å². The molecule has 2 atom stereocenters. The molecule has 1 saturated carbocycles. The van der Waals surface area contributed by atoms with E-state index in [4.69, 9.17) is 9.47 Å². The molecule has 0 spiro atoms. The van der Waals surface area contributed by atoms with Gasteiger partial charge in [-0.1, -0.05) is 36.4 Å². The monoisotopic (exact) mass is 336 g/mol. The maximum Gasteiger partial charge on any atom is 0.355 e. The first-order valence-electron chi connectivity index (χ1n) is 8.59. The van der Waals surface area contributed by atoms with Crippen LogP contribution in [0.3, 0.4) is 0 Å². The summed E-state index contributed by atoms with van der Waals surface area (Å²) in [4.78, 5) is 16.7. The number of carbonyl (C=O) groups is 1. The van der Waals surface area contributed by atoms with Crippen LogP contribution in [0.5, 0.6) is 0 Å². The van der Waals surface area contributed by atoms with E-state index in [9.17, 15) is 4.79 Å². The summed E-state index contributed by atoms with van der Waals surface area (Å²) < 4.78 is 13.5. The highest BCUT2D eigenvalue weighted by Crippen LogP contribution is 2.27. The third-order valence-electron chi connectivity index (χ3n) is 4.61. The van der Waals surface area contributed by atoms with Gasteiger partial charge in [0.25, 0.3) is 0 Å². The summed E-state index contributed by atoms with van der Waals surface area (Å²) in [7, 11) is 0. The highest BCUT2D eigenvalue weighted by molar-refractivity contribution is 5.88. The molecule has 1 fully saturated rings. The fraction of sp³-hybridized carbons (Fsp3) is 0.300. The van der Waals surface area contributed by atoms with Crippen LogP contribution in [0, 0.1) is 0 Å². The van der Waals surface area contributed by atoms with Crippen LogP contribution in [0.2, 0.25) is 0 Å². The summed E-state index contributed by atoms with van der Waals surface area (Å²) in [6.07, 6.45) is 5.86. The highest BCUT2D eigenvalue weighted by atomic mass is 16.6. The molecule has 128 valence electrons. The number of rotatable bonds is 5. The SMILES string of the molecule is O=C(O[C@H]1CCC[C@@H]1OCc1ccccc1)c1cccc2cncn12. The Morgan fingerprint density at radius 1 is 1.08 bits per heavy atom. The molecule has 2 aromatic heterocycles. The number of imidazole rings is 1.